The second-order valence-electron chi connectivity index (χ2n) is 5.95. The molecule has 2 aliphatic rings. The van der Waals surface area contributed by atoms with Gasteiger partial charge in [0.25, 0.3) is 0 Å². The molecule has 0 spiro atoms. The Morgan fingerprint density at radius 3 is 2.75 bits per heavy atom. The van der Waals surface area contributed by atoms with Crippen LogP contribution in [0.3, 0.4) is 0 Å². The van der Waals surface area contributed by atoms with E-state index in [-0.39, 0.29) is 10.8 Å². The second-order valence-corrected chi connectivity index (χ2v) is 6.39. The van der Waals surface area contributed by atoms with Crippen molar-refractivity contribution in [2.75, 3.05) is 11.4 Å². The fraction of sp³-hybridized carbons (Fsp3) is 0.562. The number of nitrogens with two attached hydrogens (primary N) is 1. The Labute approximate surface area is 125 Å². The fourth-order valence-electron chi connectivity index (χ4n) is 3.92. The van der Waals surface area contributed by atoms with Crippen molar-refractivity contribution in [3.8, 4) is 0 Å². The second kappa shape index (κ2) is 5.68. The van der Waals surface area contributed by atoms with Crippen LogP contribution in [0.2, 0.25) is 0 Å². The summed E-state index contributed by atoms with van der Waals surface area (Å²) in [6.45, 7) is 0.986. The number of rotatable bonds is 2. The van der Waals surface area contributed by atoms with Crippen LogP contribution in [0.25, 0.3) is 0 Å². The normalized spacial score (nSPS) is 26.1. The van der Waals surface area contributed by atoms with E-state index in [1.165, 1.54) is 44.6 Å². The Bertz CT molecular complexity index is 515. The van der Waals surface area contributed by atoms with Gasteiger partial charge in [0.05, 0.1) is 11.3 Å². The maximum atomic E-state index is 14.1. The maximum absolute atomic E-state index is 14.1. The Morgan fingerprint density at radius 1 is 1.20 bits per heavy atom. The molecule has 2 atom stereocenters. The van der Waals surface area contributed by atoms with Gasteiger partial charge in [0.2, 0.25) is 0 Å². The highest BCUT2D eigenvalue weighted by atomic mass is 32.1. The molecule has 0 unspecified atom stereocenters. The third-order valence-corrected chi connectivity index (χ3v) is 4.99. The molecule has 2 N–H and O–H groups in total. The monoisotopic (exact) mass is 292 g/mol. The third kappa shape index (κ3) is 2.41. The molecule has 0 aromatic heterocycles. The minimum absolute atomic E-state index is 0.163. The van der Waals surface area contributed by atoms with Crippen molar-refractivity contribution in [2.45, 2.75) is 44.6 Å². The van der Waals surface area contributed by atoms with E-state index in [9.17, 15) is 4.39 Å². The first-order valence-electron chi connectivity index (χ1n) is 7.53. The molecule has 1 heterocycles. The number of thiocarbonyl (C=S) groups is 1. The number of hydrogen-bond donors (Lipinski definition) is 1. The van der Waals surface area contributed by atoms with Gasteiger partial charge >= 0.3 is 0 Å². The molecular weight excluding hydrogens is 271 g/mol. The highest BCUT2D eigenvalue weighted by molar-refractivity contribution is 7.80. The summed E-state index contributed by atoms with van der Waals surface area (Å²) in [6.07, 6.45) is 7.60. The van der Waals surface area contributed by atoms with Gasteiger partial charge in [-0.25, -0.2) is 4.39 Å². The first-order chi connectivity index (χ1) is 9.68. The van der Waals surface area contributed by atoms with Crippen LogP contribution in [0.15, 0.2) is 18.2 Å². The molecule has 1 saturated carbocycles. The van der Waals surface area contributed by atoms with E-state index in [0.29, 0.717) is 11.6 Å². The number of hydrogen-bond acceptors (Lipinski definition) is 2. The molecule has 1 aliphatic heterocycles. The summed E-state index contributed by atoms with van der Waals surface area (Å²) in [6, 6.07) is 5.71. The molecule has 4 heteroatoms. The van der Waals surface area contributed by atoms with Gasteiger partial charge in [0, 0.05) is 12.6 Å². The first kappa shape index (κ1) is 13.8. The number of benzene rings is 1. The molecule has 1 aliphatic carbocycles. The molecule has 0 bridgehead atoms. The Hall–Kier alpha value is -1.16. The minimum atomic E-state index is -0.298. The van der Waals surface area contributed by atoms with Crippen LogP contribution in [-0.4, -0.2) is 17.6 Å². The minimum Gasteiger partial charge on any atom is -0.389 e. The molecule has 0 radical (unpaired) electrons. The summed E-state index contributed by atoms with van der Waals surface area (Å²) in [5, 5.41) is 0. The van der Waals surface area contributed by atoms with E-state index in [2.05, 4.69) is 4.90 Å². The lowest BCUT2D eigenvalue weighted by Gasteiger charge is -2.46. The zero-order valence-corrected chi connectivity index (χ0v) is 12.5. The van der Waals surface area contributed by atoms with Gasteiger partial charge in [-0.05, 0) is 43.7 Å². The molecule has 1 saturated heterocycles. The molecule has 1 aromatic rings. The predicted octanol–water partition coefficient (Wildman–Crippen LogP) is 3.62. The van der Waals surface area contributed by atoms with Crippen LogP contribution in [0.1, 0.15) is 44.1 Å². The van der Waals surface area contributed by atoms with Crippen LogP contribution >= 0.6 is 12.2 Å². The number of piperidine rings is 1. The summed E-state index contributed by atoms with van der Waals surface area (Å²) in [4.78, 5) is 2.53. The SMILES string of the molecule is NC(=S)c1c(F)cccc1N1CCC[C@H]2CCCC[C@H]21. The zero-order valence-electron chi connectivity index (χ0n) is 11.6. The van der Waals surface area contributed by atoms with Crippen LogP contribution in [0.4, 0.5) is 10.1 Å². The van der Waals surface area contributed by atoms with Gasteiger partial charge < -0.3 is 10.6 Å². The standard InChI is InChI=1S/C16H21FN2S/c17-12-7-3-9-14(15(12)16(18)20)19-10-4-6-11-5-1-2-8-13(11)19/h3,7,9,11,13H,1-2,4-6,8,10H2,(H2,18,20)/t11-,13-/m1/s1. The molecule has 3 rings (SSSR count). The molecule has 2 nitrogen and oxygen atoms in total. The number of nitrogens with zero attached hydrogens (tertiary/aromatic N) is 1. The molecule has 0 amide bonds. The van der Waals surface area contributed by atoms with Gasteiger partial charge in [0.1, 0.15) is 10.8 Å². The van der Waals surface area contributed by atoms with Crippen LogP contribution in [0, 0.1) is 11.7 Å². The average molecular weight is 292 g/mol. The van der Waals surface area contributed by atoms with Gasteiger partial charge in [-0.3, -0.25) is 0 Å². The largest absolute Gasteiger partial charge is 0.389 e. The van der Waals surface area contributed by atoms with E-state index in [1.807, 2.05) is 6.07 Å². The van der Waals surface area contributed by atoms with Crippen molar-refractivity contribution >= 4 is 22.9 Å². The maximum Gasteiger partial charge on any atom is 0.135 e. The Kier molecular flexibility index (Phi) is 3.92. The summed E-state index contributed by atoms with van der Waals surface area (Å²) >= 11 is 5.06. The van der Waals surface area contributed by atoms with Crippen LogP contribution < -0.4 is 10.6 Å². The lowest BCUT2D eigenvalue weighted by Crippen LogP contribution is -2.47. The van der Waals surface area contributed by atoms with Gasteiger partial charge in [-0.1, -0.05) is 31.1 Å². The summed E-state index contributed by atoms with van der Waals surface area (Å²) in [5.74, 6) is 0.452. The van der Waals surface area contributed by atoms with Crippen LogP contribution in [0.5, 0.6) is 0 Å². The summed E-state index contributed by atoms with van der Waals surface area (Å²) in [5.41, 5.74) is 7.08. The number of anilines is 1. The predicted molar refractivity (Wildman–Crippen MR) is 84.6 cm³/mol. The molecule has 2 fully saturated rings. The lowest BCUT2D eigenvalue weighted by atomic mass is 9.78. The van der Waals surface area contributed by atoms with E-state index >= 15 is 0 Å². The molecule has 1 aromatic carbocycles. The van der Waals surface area contributed by atoms with Crippen molar-refractivity contribution in [2.24, 2.45) is 11.7 Å². The molecular formula is C16H21FN2S. The van der Waals surface area contributed by atoms with E-state index in [4.69, 9.17) is 18.0 Å². The van der Waals surface area contributed by atoms with E-state index < -0.39 is 0 Å². The summed E-state index contributed by atoms with van der Waals surface area (Å²) in [7, 11) is 0. The molecule has 20 heavy (non-hydrogen) atoms. The Morgan fingerprint density at radius 2 is 1.95 bits per heavy atom. The van der Waals surface area contributed by atoms with Crippen molar-refractivity contribution in [1.82, 2.24) is 0 Å². The molecule has 108 valence electrons. The van der Waals surface area contributed by atoms with Crippen molar-refractivity contribution in [3.63, 3.8) is 0 Å². The van der Waals surface area contributed by atoms with Crippen molar-refractivity contribution < 1.29 is 4.39 Å². The highest BCUT2D eigenvalue weighted by Gasteiger charge is 2.34. The number of fused-ring (bicyclic) bond motifs is 1. The van der Waals surface area contributed by atoms with Gasteiger partial charge in [0.15, 0.2) is 0 Å². The lowest BCUT2D eigenvalue weighted by molar-refractivity contribution is 0.243. The summed E-state index contributed by atoms with van der Waals surface area (Å²) < 4.78 is 14.1. The third-order valence-electron chi connectivity index (χ3n) is 4.79. The van der Waals surface area contributed by atoms with E-state index in [1.54, 1.807) is 6.07 Å². The quantitative estimate of drug-likeness (QED) is 0.844. The van der Waals surface area contributed by atoms with E-state index in [0.717, 1.165) is 18.2 Å². The zero-order chi connectivity index (χ0) is 14.1. The Balaban J connectivity index is 1.99. The first-order valence-corrected chi connectivity index (χ1v) is 7.94. The number of halogens is 1. The highest BCUT2D eigenvalue weighted by Crippen LogP contribution is 2.39. The smallest absolute Gasteiger partial charge is 0.135 e. The van der Waals surface area contributed by atoms with Gasteiger partial charge in [-0.15, -0.1) is 0 Å². The van der Waals surface area contributed by atoms with Crippen molar-refractivity contribution in [1.29, 1.82) is 0 Å². The fourth-order valence-corrected chi connectivity index (χ4v) is 4.12. The van der Waals surface area contributed by atoms with Crippen LogP contribution in [-0.2, 0) is 0 Å². The van der Waals surface area contributed by atoms with Crippen molar-refractivity contribution in [3.05, 3.63) is 29.6 Å². The topological polar surface area (TPSA) is 29.3 Å². The van der Waals surface area contributed by atoms with Gasteiger partial charge in [-0.2, -0.15) is 0 Å². The average Bonchev–Trinajstić information content (AvgIpc) is 2.46.